The first-order valence-corrected chi connectivity index (χ1v) is 12.2. The second kappa shape index (κ2) is 13.4. The van der Waals surface area contributed by atoms with Gasteiger partial charge >= 0.3 is 18.2 Å². The van der Waals surface area contributed by atoms with E-state index in [0.29, 0.717) is 6.42 Å². The molecule has 1 aliphatic carbocycles. The lowest BCUT2D eigenvalue weighted by Gasteiger charge is -2.36. The second-order valence-corrected chi connectivity index (χ2v) is 10.7. The van der Waals surface area contributed by atoms with Crippen molar-refractivity contribution < 1.29 is 38.1 Å². The number of aliphatic imine (C=N–C) groups is 1. The molecule has 3 N–H and O–H groups in total. The molecule has 0 spiro atoms. The normalized spacial score (nSPS) is 20.5. The van der Waals surface area contributed by atoms with Crippen LogP contribution in [0.5, 0.6) is 0 Å². The van der Waals surface area contributed by atoms with E-state index >= 15 is 0 Å². The molecule has 0 aromatic heterocycles. The first-order valence-electron chi connectivity index (χ1n) is 12.2. The fourth-order valence-corrected chi connectivity index (χ4v) is 3.31. The summed E-state index contributed by atoms with van der Waals surface area (Å²) in [5, 5.41) is 7.67. The summed E-state index contributed by atoms with van der Waals surface area (Å²) in [7, 11) is 1.26. The number of nitrogens with zero attached hydrogens (tertiary/aromatic N) is 1. The van der Waals surface area contributed by atoms with Crippen LogP contribution in [0, 0.1) is 0 Å². The lowest BCUT2D eigenvalue weighted by atomic mass is 9.88. The molecule has 0 aromatic carbocycles. The number of nitrogens with one attached hydrogen (secondary N) is 3. The van der Waals surface area contributed by atoms with Crippen LogP contribution in [0.1, 0.15) is 75.2 Å². The van der Waals surface area contributed by atoms with Crippen LogP contribution in [0.4, 0.5) is 9.59 Å². The summed E-state index contributed by atoms with van der Waals surface area (Å²) in [6.07, 6.45) is -0.348. The Labute approximate surface area is 218 Å². The van der Waals surface area contributed by atoms with Crippen LogP contribution in [-0.2, 0) is 28.5 Å². The van der Waals surface area contributed by atoms with Crippen molar-refractivity contribution in [2.75, 3.05) is 7.11 Å². The maximum absolute atomic E-state index is 12.5. The Balaban J connectivity index is 3.50. The average molecular weight is 527 g/mol. The number of esters is 1. The van der Waals surface area contributed by atoms with Crippen molar-refractivity contribution in [3.8, 4) is 0 Å². The standard InChI is InChI=1S/C25H42N4O8/c1-11-14(2)35-18-13-16(20(31)34-10)12-17(19(18)26-15(3)30)27-21(28-22(32)36-24(4,5)6)29-23(33)37-25(7,8)9/h13-14,17-19H,11-12H2,1-10H3,(H,26,30)(H2,27,28,29,32,33)/t14-,17-,18+,19+/m0/s1. The third-order valence-corrected chi connectivity index (χ3v) is 4.88. The number of carbonyl (C=O) groups is 4. The zero-order valence-corrected chi connectivity index (χ0v) is 23.5. The minimum Gasteiger partial charge on any atom is -0.466 e. The Morgan fingerprint density at radius 1 is 1.03 bits per heavy atom. The highest BCUT2D eigenvalue weighted by Crippen LogP contribution is 2.26. The number of rotatable bonds is 6. The van der Waals surface area contributed by atoms with Gasteiger partial charge in [-0.25, -0.2) is 19.4 Å². The summed E-state index contributed by atoms with van der Waals surface area (Å²) < 4.78 is 21.6. The Morgan fingerprint density at radius 2 is 1.54 bits per heavy atom. The van der Waals surface area contributed by atoms with Crippen molar-refractivity contribution in [1.82, 2.24) is 16.0 Å². The van der Waals surface area contributed by atoms with E-state index in [0.717, 1.165) is 0 Å². The van der Waals surface area contributed by atoms with Gasteiger partial charge in [-0.05, 0) is 61.0 Å². The number of ether oxygens (including phenoxy) is 4. The number of alkyl carbamates (subject to hydrolysis) is 2. The molecule has 37 heavy (non-hydrogen) atoms. The number of carbonyl (C=O) groups excluding carboxylic acids is 4. The van der Waals surface area contributed by atoms with Crippen LogP contribution in [0.2, 0.25) is 0 Å². The summed E-state index contributed by atoms with van der Waals surface area (Å²) >= 11 is 0. The summed E-state index contributed by atoms with van der Waals surface area (Å²) in [6, 6.07) is -1.56. The smallest absolute Gasteiger partial charge is 0.414 e. The van der Waals surface area contributed by atoms with Gasteiger partial charge in [-0.15, -0.1) is 0 Å². The molecule has 3 amide bonds. The lowest BCUT2D eigenvalue weighted by Crippen LogP contribution is -2.55. The molecule has 0 heterocycles. The SMILES string of the molecule is CC[C@H](C)O[C@@H]1C=C(C(=O)OC)C[C@H](N=C(NC(=O)OC(C)(C)C)NC(=O)OC(C)(C)C)[C@H]1NC(C)=O. The molecule has 4 atom stereocenters. The maximum atomic E-state index is 12.5. The van der Waals surface area contributed by atoms with Gasteiger partial charge < -0.3 is 24.3 Å². The second-order valence-electron chi connectivity index (χ2n) is 10.7. The average Bonchev–Trinajstić information content (AvgIpc) is 2.71. The van der Waals surface area contributed by atoms with Gasteiger partial charge in [0.1, 0.15) is 11.2 Å². The topological polar surface area (TPSA) is 154 Å². The Morgan fingerprint density at radius 3 is 1.95 bits per heavy atom. The van der Waals surface area contributed by atoms with E-state index in [2.05, 4.69) is 20.9 Å². The highest BCUT2D eigenvalue weighted by molar-refractivity contribution is 6.01. The summed E-state index contributed by atoms with van der Waals surface area (Å²) in [5.41, 5.74) is -1.36. The van der Waals surface area contributed by atoms with Crippen LogP contribution in [0.25, 0.3) is 0 Å². The first-order chi connectivity index (χ1) is 16.9. The highest BCUT2D eigenvalue weighted by Gasteiger charge is 2.38. The van der Waals surface area contributed by atoms with Gasteiger partial charge in [-0.2, -0.15) is 0 Å². The zero-order valence-electron chi connectivity index (χ0n) is 23.5. The van der Waals surface area contributed by atoms with Gasteiger partial charge in [0.2, 0.25) is 11.9 Å². The summed E-state index contributed by atoms with van der Waals surface area (Å²) in [6.45, 7) is 15.3. The van der Waals surface area contributed by atoms with Crippen LogP contribution in [0.3, 0.4) is 0 Å². The number of guanidine groups is 1. The molecule has 0 bridgehead atoms. The van der Waals surface area contributed by atoms with E-state index < -0.39 is 47.5 Å². The molecule has 210 valence electrons. The third-order valence-electron chi connectivity index (χ3n) is 4.88. The van der Waals surface area contributed by atoms with E-state index in [4.69, 9.17) is 18.9 Å². The number of hydrogen-bond acceptors (Lipinski definition) is 9. The minimum absolute atomic E-state index is 0.0352. The monoisotopic (exact) mass is 526 g/mol. The number of hydrogen-bond donors (Lipinski definition) is 3. The van der Waals surface area contributed by atoms with Crippen LogP contribution >= 0.6 is 0 Å². The number of amides is 3. The van der Waals surface area contributed by atoms with Crippen LogP contribution < -0.4 is 16.0 Å². The van der Waals surface area contributed by atoms with Crippen LogP contribution in [0.15, 0.2) is 16.6 Å². The molecule has 0 aliphatic heterocycles. The van der Waals surface area contributed by atoms with E-state index in [1.807, 2.05) is 13.8 Å². The molecule has 1 rings (SSSR count). The molecule has 0 fully saturated rings. The third kappa shape index (κ3) is 12.1. The van der Waals surface area contributed by atoms with Gasteiger partial charge in [-0.3, -0.25) is 15.4 Å². The van der Waals surface area contributed by atoms with Crippen molar-refractivity contribution in [1.29, 1.82) is 0 Å². The molecule has 12 nitrogen and oxygen atoms in total. The molecular formula is C25H42N4O8. The molecule has 0 aromatic rings. The number of methoxy groups -OCH3 is 1. The van der Waals surface area contributed by atoms with Crippen LogP contribution in [-0.4, -0.2) is 72.6 Å². The molecule has 1 aliphatic rings. The van der Waals surface area contributed by atoms with Crippen molar-refractivity contribution >= 4 is 30.0 Å². The fourth-order valence-electron chi connectivity index (χ4n) is 3.31. The van der Waals surface area contributed by atoms with Crippen molar-refractivity contribution in [3.05, 3.63) is 11.6 Å². The first kappa shape index (κ1) is 31.9. The minimum atomic E-state index is -0.870. The zero-order chi connectivity index (χ0) is 28.6. The summed E-state index contributed by atoms with van der Waals surface area (Å²) in [5.74, 6) is -1.21. The van der Waals surface area contributed by atoms with Gasteiger partial charge in [-0.1, -0.05) is 6.92 Å². The highest BCUT2D eigenvalue weighted by atomic mass is 16.6. The van der Waals surface area contributed by atoms with Crippen molar-refractivity contribution in [2.45, 2.75) is 111 Å². The Kier molecular flexibility index (Phi) is 11.6. The predicted octanol–water partition coefficient (Wildman–Crippen LogP) is 2.95. The quantitative estimate of drug-likeness (QED) is 0.207. The van der Waals surface area contributed by atoms with Gasteiger partial charge in [0, 0.05) is 18.9 Å². The maximum Gasteiger partial charge on any atom is 0.414 e. The molecule has 0 unspecified atom stereocenters. The van der Waals surface area contributed by atoms with E-state index in [1.165, 1.54) is 14.0 Å². The summed E-state index contributed by atoms with van der Waals surface area (Å²) in [4.78, 5) is 54.1. The van der Waals surface area contributed by atoms with Gasteiger partial charge in [0.05, 0.1) is 31.4 Å². The van der Waals surface area contributed by atoms with Gasteiger partial charge in [0.25, 0.3) is 0 Å². The van der Waals surface area contributed by atoms with Crippen molar-refractivity contribution in [3.63, 3.8) is 0 Å². The Bertz CT molecular complexity index is 869. The van der Waals surface area contributed by atoms with E-state index in [9.17, 15) is 19.2 Å². The van der Waals surface area contributed by atoms with Crippen molar-refractivity contribution in [2.24, 2.45) is 4.99 Å². The fraction of sp³-hybridized carbons (Fsp3) is 0.720. The van der Waals surface area contributed by atoms with Gasteiger partial charge in [0.15, 0.2) is 0 Å². The predicted molar refractivity (Wildman–Crippen MR) is 137 cm³/mol. The Hall–Kier alpha value is -3.15. The largest absolute Gasteiger partial charge is 0.466 e. The molecule has 0 radical (unpaired) electrons. The molecular weight excluding hydrogens is 484 g/mol. The molecule has 0 saturated heterocycles. The molecule has 12 heteroatoms. The lowest BCUT2D eigenvalue weighted by molar-refractivity contribution is -0.136. The van der Waals surface area contributed by atoms with E-state index in [-0.39, 0.29) is 30.0 Å². The molecule has 0 saturated carbocycles. The van der Waals surface area contributed by atoms with E-state index in [1.54, 1.807) is 47.6 Å².